The summed E-state index contributed by atoms with van der Waals surface area (Å²) in [4.78, 5) is -1.58. The number of benzene rings is 1. The van der Waals surface area contributed by atoms with Gasteiger partial charge in [0.05, 0.1) is 0 Å². The van der Waals surface area contributed by atoms with Gasteiger partial charge in [-0.1, -0.05) is 58.6 Å². The Bertz CT molecular complexity index is 669. The Hall–Kier alpha value is -1.11. The third-order valence-electron chi connectivity index (χ3n) is 5.50. The largest absolute Gasteiger partial charge is 0.396 e. The minimum atomic E-state index is -4.05. The fourth-order valence-electron chi connectivity index (χ4n) is 3.01. The van der Waals surface area contributed by atoms with Gasteiger partial charge in [-0.15, -0.1) is 0 Å². The Morgan fingerprint density at radius 2 is 1.74 bits per heavy atom. The van der Waals surface area contributed by atoms with Crippen molar-refractivity contribution in [2.45, 2.75) is 83.9 Å². The van der Waals surface area contributed by atoms with E-state index in [2.05, 4.69) is 6.92 Å². The molecule has 6 heteroatoms. The van der Waals surface area contributed by atoms with Gasteiger partial charge in [0.15, 0.2) is 4.87 Å². The fourth-order valence-corrected chi connectivity index (χ4v) is 4.32. The van der Waals surface area contributed by atoms with E-state index in [0.717, 1.165) is 18.4 Å². The standard InChI is InChI=1S/C21H37NO4S/c1-5-6-7-8-9-12-18-13-10-14-19(17-18)26-27(24,25)21(4,22)20(2,3)15-11-16-23/h10,13-14,17,23H,5-9,11-12,15-16,22H2,1-4H3. The number of aliphatic hydroxyl groups is 1. The summed E-state index contributed by atoms with van der Waals surface area (Å²) < 4.78 is 31.1. The van der Waals surface area contributed by atoms with Crippen LogP contribution in [0.3, 0.4) is 0 Å². The zero-order valence-electron chi connectivity index (χ0n) is 17.3. The summed E-state index contributed by atoms with van der Waals surface area (Å²) in [7, 11) is -4.05. The van der Waals surface area contributed by atoms with Crippen molar-refractivity contribution < 1.29 is 17.7 Å². The van der Waals surface area contributed by atoms with Crippen LogP contribution in [-0.2, 0) is 16.5 Å². The number of aryl methyl sites for hydroxylation is 1. The first-order chi connectivity index (χ1) is 12.6. The lowest BCUT2D eigenvalue weighted by Crippen LogP contribution is -2.57. The van der Waals surface area contributed by atoms with Crippen LogP contribution in [0.1, 0.15) is 78.2 Å². The van der Waals surface area contributed by atoms with E-state index >= 15 is 0 Å². The second-order valence-electron chi connectivity index (χ2n) is 8.17. The summed E-state index contributed by atoms with van der Waals surface area (Å²) >= 11 is 0. The van der Waals surface area contributed by atoms with E-state index in [1.807, 2.05) is 12.1 Å². The van der Waals surface area contributed by atoms with Crippen LogP contribution < -0.4 is 9.92 Å². The highest BCUT2D eigenvalue weighted by Crippen LogP contribution is 2.38. The van der Waals surface area contributed by atoms with Gasteiger partial charge in [0.1, 0.15) is 5.75 Å². The molecule has 0 aliphatic rings. The molecule has 0 heterocycles. The Morgan fingerprint density at radius 3 is 2.37 bits per heavy atom. The molecule has 0 radical (unpaired) electrons. The second-order valence-corrected chi connectivity index (χ2v) is 10.1. The van der Waals surface area contributed by atoms with Gasteiger partial charge in [0.2, 0.25) is 0 Å². The molecule has 0 saturated heterocycles. The molecule has 0 amide bonds. The smallest absolute Gasteiger partial charge is 0.328 e. The van der Waals surface area contributed by atoms with Crippen molar-refractivity contribution in [3.8, 4) is 5.75 Å². The number of hydrogen-bond acceptors (Lipinski definition) is 5. The normalized spacial score (nSPS) is 14.7. The number of rotatable bonds is 13. The molecular formula is C21H37NO4S. The third-order valence-corrected chi connectivity index (χ3v) is 7.50. The van der Waals surface area contributed by atoms with E-state index in [1.165, 1.54) is 32.6 Å². The zero-order chi connectivity index (χ0) is 20.6. The van der Waals surface area contributed by atoms with Gasteiger partial charge in [0.25, 0.3) is 0 Å². The van der Waals surface area contributed by atoms with Gasteiger partial charge in [0, 0.05) is 12.0 Å². The quantitative estimate of drug-likeness (QED) is 0.379. The third kappa shape index (κ3) is 6.77. The first-order valence-corrected chi connectivity index (χ1v) is 11.4. The maximum atomic E-state index is 12.9. The predicted octanol–water partition coefficient (Wildman–Crippen LogP) is 4.38. The van der Waals surface area contributed by atoms with Crippen molar-refractivity contribution in [1.82, 2.24) is 0 Å². The van der Waals surface area contributed by atoms with E-state index in [-0.39, 0.29) is 6.61 Å². The van der Waals surface area contributed by atoms with Crippen LogP contribution in [0.4, 0.5) is 0 Å². The zero-order valence-corrected chi connectivity index (χ0v) is 18.1. The van der Waals surface area contributed by atoms with Crippen molar-refractivity contribution in [3.63, 3.8) is 0 Å². The van der Waals surface area contributed by atoms with Crippen molar-refractivity contribution in [2.24, 2.45) is 11.1 Å². The predicted molar refractivity (Wildman–Crippen MR) is 111 cm³/mol. The number of nitrogens with two attached hydrogens (primary N) is 1. The van der Waals surface area contributed by atoms with Crippen molar-refractivity contribution in [3.05, 3.63) is 29.8 Å². The highest BCUT2D eigenvalue weighted by atomic mass is 32.2. The second kappa shape index (κ2) is 10.4. The Morgan fingerprint density at radius 1 is 1.07 bits per heavy atom. The van der Waals surface area contributed by atoms with Crippen molar-refractivity contribution >= 4 is 10.1 Å². The molecule has 0 saturated carbocycles. The summed E-state index contributed by atoms with van der Waals surface area (Å²) in [5, 5.41) is 9.06. The first kappa shape index (κ1) is 23.9. The van der Waals surface area contributed by atoms with E-state index in [4.69, 9.17) is 15.0 Å². The number of aliphatic hydroxyl groups excluding tert-OH is 1. The molecule has 0 spiro atoms. The highest BCUT2D eigenvalue weighted by Gasteiger charge is 2.49. The van der Waals surface area contributed by atoms with Gasteiger partial charge in [-0.3, -0.25) is 0 Å². The molecule has 1 atom stereocenters. The van der Waals surface area contributed by atoms with Crippen LogP contribution in [0.5, 0.6) is 5.75 Å². The first-order valence-electron chi connectivity index (χ1n) is 10.00. The minimum absolute atomic E-state index is 0.000710. The van der Waals surface area contributed by atoms with Crippen LogP contribution in [0.25, 0.3) is 0 Å². The molecule has 0 bridgehead atoms. The Labute approximate surface area is 165 Å². The summed E-state index contributed by atoms with van der Waals surface area (Å²) in [5.41, 5.74) is 6.55. The minimum Gasteiger partial charge on any atom is -0.396 e. The van der Waals surface area contributed by atoms with Gasteiger partial charge in [-0.25, -0.2) is 0 Å². The van der Waals surface area contributed by atoms with Gasteiger partial charge in [-0.05, 0) is 50.3 Å². The molecule has 3 N–H and O–H groups in total. The van der Waals surface area contributed by atoms with Crippen LogP contribution in [0.2, 0.25) is 0 Å². The molecule has 0 aliphatic heterocycles. The monoisotopic (exact) mass is 399 g/mol. The topological polar surface area (TPSA) is 89.6 Å². The molecule has 0 aliphatic carbocycles. The maximum absolute atomic E-state index is 12.9. The van der Waals surface area contributed by atoms with Crippen molar-refractivity contribution in [2.75, 3.05) is 6.61 Å². The molecule has 1 rings (SSSR count). The highest BCUT2D eigenvalue weighted by molar-refractivity contribution is 7.88. The summed E-state index contributed by atoms with van der Waals surface area (Å²) in [5.74, 6) is 0.302. The Balaban J connectivity index is 2.82. The van der Waals surface area contributed by atoms with E-state index in [1.54, 1.807) is 26.0 Å². The molecular weight excluding hydrogens is 362 g/mol. The Kier molecular flexibility index (Phi) is 9.25. The molecule has 1 unspecified atom stereocenters. The number of unbranched alkanes of at least 4 members (excludes halogenated alkanes) is 4. The van der Waals surface area contributed by atoms with E-state index in [0.29, 0.717) is 18.6 Å². The lowest BCUT2D eigenvalue weighted by atomic mass is 9.81. The molecule has 1 aromatic rings. The molecule has 156 valence electrons. The lowest BCUT2D eigenvalue weighted by molar-refractivity contribution is 0.192. The lowest BCUT2D eigenvalue weighted by Gasteiger charge is -2.39. The summed E-state index contributed by atoms with van der Waals surface area (Å²) in [6.45, 7) is 7.25. The van der Waals surface area contributed by atoms with Gasteiger partial charge >= 0.3 is 10.1 Å². The molecule has 0 fully saturated rings. The van der Waals surface area contributed by atoms with E-state index < -0.39 is 20.4 Å². The molecule has 27 heavy (non-hydrogen) atoms. The average molecular weight is 400 g/mol. The van der Waals surface area contributed by atoms with Crippen LogP contribution >= 0.6 is 0 Å². The fraction of sp³-hybridized carbons (Fsp3) is 0.714. The maximum Gasteiger partial charge on any atom is 0.328 e. The van der Waals surface area contributed by atoms with Crippen LogP contribution in [-0.4, -0.2) is 25.0 Å². The average Bonchev–Trinajstić information content (AvgIpc) is 2.59. The summed E-state index contributed by atoms with van der Waals surface area (Å²) in [6.07, 6.45) is 7.84. The van der Waals surface area contributed by atoms with Crippen molar-refractivity contribution in [1.29, 1.82) is 0 Å². The van der Waals surface area contributed by atoms with Gasteiger partial charge in [-0.2, -0.15) is 8.42 Å². The molecule has 5 nitrogen and oxygen atoms in total. The van der Waals surface area contributed by atoms with E-state index in [9.17, 15) is 8.42 Å². The summed E-state index contributed by atoms with van der Waals surface area (Å²) in [6, 6.07) is 7.24. The van der Waals surface area contributed by atoms with Gasteiger partial charge < -0.3 is 15.0 Å². The molecule has 1 aromatic carbocycles. The van der Waals surface area contributed by atoms with Crippen LogP contribution in [0.15, 0.2) is 24.3 Å². The SMILES string of the molecule is CCCCCCCc1cccc(OS(=O)(=O)C(C)(N)C(C)(C)CCCO)c1. The number of hydrogen-bond donors (Lipinski definition) is 2. The molecule has 0 aromatic heterocycles. The van der Waals surface area contributed by atoms with Crippen LogP contribution in [0, 0.1) is 5.41 Å².